The molecule has 2 rings (SSSR count). The Morgan fingerprint density at radius 2 is 2.10 bits per heavy atom. The van der Waals surface area contributed by atoms with E-state index in [2.05, 4.69) is 29.2 Å². The van der Waals surface area contributed by atoms with E-state index in [-0.39, 0.29) is 0 Å². The summed E-state index contributed by atoms with van der Waals surface area (Å²) >= 11 is 0. The Hall–Kier alpha value is -1.88. The molecule has 0 saturated carbocycles. The Morgan fingerprint density at radius 3 is 2.80 bits per heavy atom. The summed E-state index contributed by atoms with van der Waals surface area (Å²) < 4.78 is 7.54. The molecular formula is C15H22N4O. The van der Waals surface area contributed by atoms with Gasteiger partial charge in [0, 0.05) is 25.4 Å². The van der Waals surface area contributed by atoms with Crippen LogP contribution in [0.25, 0.3) is 0 Å². The van der Waals surface area contributed by atoms with E-state index in [1.165, 1.54) is 0 Å². The summed E-state index contributed by atoms with van der Waals surface area (Å²) in [6.07, 6.45) is 7.64. The second-order valence-electron chi connectivity index (χ2n) is 4.72. The summed E-state index contributed by atoms with van der Waals surface area (Å²) in [4.78, 5) is 4.31. The number of hydrogen-bond acceptors (Lipinski definition) is 4. The van der Waals surface area contributed by atoms with Crippen molar-refractivity contribution >= 4 is 0 Å². The van der Waals surface area contributed by atoms with Crippen LogP contribution >= 0.6 is 0 Å². The van der Waals surface area contributed by atoms with Gasteiger partial charge in [-0.25, -0.2) is 4.98 Å². The summed E-state index contributed by atoms with van der Waals surface area (Å²) in [5, 5.41) is 7.57. The Morgan fingerprint density at radius 1 is 1.20 bits per heavy atom. The van der Waals surface area contributed by atoms with Crippen molar-refractivity contribution in [1.82, 2.24) is 20.1 Å². The van der Waals surface area contributed by atoms with E-state index in [4.69, 9.17) is 4.74 Å². The van der Waals surface area contributed by atoms with Gasteiger partial charge in [-0.15, -0.1) is 0 Å². The Bertz CT molecular complexity index is 507. The molecule has 0 aliphatic carbocycles. The molecule has 5 nitrogen and oxygen atoms in total. The van der Waals surface area contributed by atoms with E-state index >= 15 is 0 Å². The number of pyridine rings is 1. The molecule has 108 valence electrons. The molecule has 0 atom stereocenters. The summed E-state index contributed by atoms with van der Waals surface area (Å²) in [6.45, 7) is 7.04. The summed E-state index contributed by atoms with van der Waals surface area (Å²) in [6, 6.07) is 3.92. The lowest BCUT2D eigenvalue weighted by Gasteiger charge is -2.05. The standard InChI is InChI=1S/C15H22N4O/c1-3-7-16-9-13-5-6-15(17-10-13)20-14-11-18-19(12-14)8-4-2/h5-6,10-12,16H,3-4,7-9H2,1-2H3. The van der Waals surface area contributed by atoms with Crippen LogP contribution in [0.2, 0.25) is 0 Å². The van der Waals surface area contributed by atoms with Crippen molar-refractivity contribution < 1.29 is 4.74 Å². The van der Waals surface area contributed by atoms with Crippen LogP contribution in [-0.4, -0.2) is 21.3 Å². The van der Waals surface area contributed by atoms with E-state index in [0.29, 0.717) is 5.88 Å². The maximum absolute atomic E-state index is 5.67. The summed E-state index contributed by atoms with van der Waals surface area (Å²) in [7, 11) is 0. The van der Waals surface area contributed by atoms with Gasteiger partial charge in [0.25, 0.3) is 0 Å². The van der Waals surface area contributed by atoms with Crippen LogP contribution in [0.1, 0.15) is 32.3 Å². The van der Waals surface area contributed by atoms with Crippen LogP contribution in [0.5, 0.6) is 11.6 Å². The number of nitrogens with zero attached hydrogens (tertiary/aromatic N) is 3. The molecule has 2 aromatic heterocycles. The first-order valence-corrected chi connectivity index (χ1v) is 7.17. The second kappa shape index (κ2) is 7.65. The minimum Gasteiger partial charge on any atom is -0.436 e. The Kier molecular flexibility index (Phi) is 5.55. The topological polar surface area (TPSA) is 52.0 Å². The van der Waals surface area contributed by atoms with Gasteiger partial charge in [-0.3, -0.25) is 4.68 Å². The fourth-order valence-corrected chi connectivity index (χ4v) is 1.85. The van der Waals surface area contributed by atoms with Gasteiger partial charge < -0.3 is 10.1 Å². The third-order valence-corrected chi connectivity index (χ3v) is 2.84. The molecule has 5 heteroatoms. The highest BCUT2D eigenvalue weighted by Gasteiger charge is 2.02. The van der Waals surface area contributed by atoms with Crippen LogP contribution in [0.4, 0.5) is 0 Å². The first-order valence-electron chi connectivity index (χ1n) is 7.17. The third kappa shape index (κ3) is 4.35. The van der Waals surface area contributed by atoms with Crippen molar-refractivity contribution in [3.05, 3.63) is 36.3 Å². The van der Waals surface area contributed by atoms with Gasteiger partial charge in [0.15, 0.2) is 5.75 Å². The predicted molar refractivity (Wildman–Crippen MR) is 78.8 cm³/mol. The largest absolute Gasteiger partial charge is 0.436 e. The smallest absolute Gasteiger partial charge is 0.219 e. The minimum absolute atomic E-state index is 0.597. The molecule has 0 radical (unpaired) electrons. The van der Waals surface area contributed by atoms with Crippen molar-refractivity contribution in [2.45, 2.75) is 39.8 Å². The summed E-state index contributed by atoms with van der Waals surface area (Å²) in [5.41, 5.74) is 1.16. The first-order chi connectivity index (χ1) is 9.81. The number of aryl methyl sites for hydroxylation is 1. The first kappa shape index (κ1) is 14.5. The van der Waals surface area contributed by atoms with Gasteiger partial charge in [-0.05, 0) is 24.9 Å². The molecule has 0 aromatic carbocycles. The second-order valence-corrected chi connectivity index (χ2v) is 4.72. The number of hydrogen-bond donors (Lipinski definition) is 1. The van der Waals surface area contributed by atoms with E-state index in [9.17, 15) is 0 Å². The lowest BCUT2D eigenvalue weighted by atomic mass is 10.3. The van der Waals surface area contributed by atoms with Crippen LogP contribution < -0.4 is 10.1 Å². The van der Waals surface area contributed by atoms with Crippen molar-refractivity contribution in [3.63, 3.8) is 0 Å². The van der Waals surface area contributed by atoms with Gasteiger partial charge in [0.2, 0.25) is 5.88 Å². The van der Waals surface area contributed by atoms with Crippen LogP contribution in [0.15, 0.2) is 30.7 Å². The van der Waals surface area contributed by atoms with E-state index in [1.54, 1.807) is 6.20 Å². The molecule has 20 heavy (non-hydrogen) atoms. The molecule has 0 spiro atoms. The molecule has 0 fully saturated rings. The fraction of sp³-hybridized carbons (Fsp3) is 0.467. The number of ether oxygens (including phenoxy) is 1. The molecule has 0 aliphatic rings. The highest BCUT2D eigenvalue weighted by molar-refractivity contribution is 5.23. The average Bonchev–Trinajstić information content (AvgIpc) is 2.89. The van der Waals surface area contributed by atoms with Gasteiger partial charge in [0.1, 0.15) is 0 Å². The third-order valence-electron chi connectivity index (χ3n) is 2.84. The zero-order valence-corrected chi connectivity index (χ0v) is 12.2. The number of rotatable bonds is 8. The molecule has 2 heterocycles. The minimum atomic E-state index is 0.597. The van der Waals surface area contributed by atoms with Gasteiger partial charge in [0.05, 0.1) is 12.4 Å². The SMILES string of the molecule is CCCNCc1ccc(Oc2cnn(CCC)c2)nc1. The highest BCUT2D eigenvalue weighted by atomic mass is 16.5. The van der Waals surface area contributed by atoms with Gasteiger partial charge >= 0.3 is 0 Å². The van der Waals surface area contributed by atoms with Crippen molar-refractivity contribution in [3.8, 4) is 11.6 Å². The molecule has 0 amide bonds. The molecular weight excluding hydrogens is 252 g/mol. The Labute approximate surface area is 120 Å². The Balaban J connectivity index is 1.89. The zero-order chi connectivity index (χ0) is 14.2. The quantitative estimate of drug-likeness (QED) is 0.752. The van der Waals surface area contributed by atoms with Crippen molar-refractivity contribution in [2.24, 2.45) is 0 Å². The maximum atomic E-state index is 5.67. The molecule has 0 unspecified atom stereocenters. The zero-order valence-electron chi connectivity index (χ0n) is 12.2. The van der Waals surface area contributed by atoms with Crippen molar-refractivity contribution in [2.75, 3.05) is 6.54 Å². The monoisotopic (exact) mass is 274 g/mol. The molecule has 2 aromatic rings. The maximum Gasteiger partial charge on any atom is 0.219 e. The molecule has 0 aliphatic heterocycles. The lowest BCUT2D eigenvalue weighted by molar-refractivity contribution is 0.460. The normalized spacial score (nSPS) is 10.7. The molecule has 1 N–H and O–H groups in total. The highest BCUT2D eigenvalue weighted by Crippen LogP contribution is 2.18. The van der Waals surface area contributed by atoms with Gasteiger partial charge in [-0.2, -0.15) is 5.10 Å². The van der Waals surface area contributed by atoms with Crippen molar-refractivity contribution in [1.29, 1.82) is 0 Å². The van der Waals surface area contributed by atoms with Crippen LogP contribution in [-0.2, 0) is 13.1 Å². The van der Waals surface area contributed by atoms with E-state index in [1.807, 2.05) is 29.2 Å². The lowest BCUT2D eigenvalue weighted by Crippen LogP contribution is -2.13. The number of aromatic nitrogens is 3. The average molecular weight is 274 g/mol. The fourth-order valence-electron chi connectivity index (χ4n) is 1.85. The van der Waals surface area contributed by atoms with E-state index in [0.717, 1.165) is 43.8 Å². The summed E-state index contributed by atoms with van der Waals surface area (Å²) in [5.74, 6) is 1.32. The van der Waals surface area contributed by atoms with Crippen LogP contribution in [0, 0.1) is 0 Å². The van der Waals surface area contributed by atoms with Crippen LogP contribution in [0.3, 0.4) is 0 Å². The predicted octanol–water partition coefficient (Wildman–Crippen LogP) is 2.98. The molecule has 0 bridgehead atoms. The molecule has 0 saturated heterocycles. The van der Waals surface area contributed by atoms with E-state index < -0.39 is 0 Å². The number of nitrogens with one attached hydrogen (secondary N) is 1. The van der Waals surface area contributed by atoms with Gasteiger partial charge in [-0.1, -0.05) is 19.9 Å².